The number of hydrogen-bond acceptors (Lipinski definition) is 7. The van der Waals surface area contributed by atoms with Crippen molar-refractivity contribution in [3.8, 4) is 11.1 Å². The van der Waals surface area contributed by atoms with Crippen molar-refractivity contribution in [2.45, 2.75) is 23.6 Å². The van der Waals surface area contributed by atoms with Crippen LogP contribution in [0.25, 0.3) is 22.1 Å². The topological polar surface area (TPSA) is 142 Å². The molecule has 0 unspecified atom stereocenters. The number of anilines is 2. The summed E-state index contributed by atoms with van der Waals surface area (Å²) in [4.78, 5) is 24.4. The van der Waals surface area contributed by atoms with Crippen LogP contribution in [-0.2, 0) is 20.0 Å². The summed E-state index contributed by atoms with van der Waals surface area (Å²) in [5, 5.41) is 9.56. The molecule has 0 aliphatic carbocycles. The number of carboxylic acid groups (broad SMARTS) is 1. The van der Waals surface area contributed by atoms with Gasteiger partial charge in [-0.15, -0.1) is 0 Å². The summed E-state index contributed by atoms with van der Waals surface area (Å²) in [5.41, 5.74) is 1.94. The molecule has 1 N–H and O–H groups in total. The van der Waals surface area contributed by atoms with Gasteiger partial charge in [0.2, 0.25) is 0 Å². The second-order valence-corrected chi connectivity index (χ2v) is 13.6. The fourth-order valence-electron chi connectivity index (χ4n) is 4.55. The molecular weight excluding hydrogens is 592 g/mol. The predicted octanol–water partition coefficient (Wildman–Crippen LogP) is 5.78. The van der Waals surface area contributed by atoms with Crippen LogP contribution in [0.5, 0.6) is 0 Å². The van der Waals surface area contributed by atoms with Crippen molar-refractivity contribution < 1.29 is 31.2 Å². The summed E-state index contributed by atoms with van der Waals surface area (Å²) in [5.74, 6) is 0. The van der Waals surface area contributed by atoms with Gasteiger partial charge < -0.3 is 9.52 Å². The van der Waals surface area contributed by atoms with Crippen LogP contribution < -0.4 is 14.2 Å². The maximum Gasteiger partial charge on any atom is 0.411 e. The zero-order valence-electron chi connectivity index (χ0n) is 23.3. The molecule has 12 heteroatoms. The molecule has 0 atom stereocenters. The van der Waals surface area contributed by atoms with Gasteiger partial charge in [-0.2, -0.15) is 3.71 Å². The SMILES string of the molecule is Cc1ccc(S(=O)(=O)N(c2ccc3oc(=O)c(-c4ccccc4C)cc3c2)S(=O)(=O)c2ccc(N(C)C(=O)O)cc2)cc1. The fourth-order valence-corrected chi connectivity index (χ4v) is 8.22. The molecule has 0 saturated heterocycles. The van der Waals surface area contributed by atoms with Gasteiger partial charge in [0.15, 0.2) is 0 Å². The number of benzene rings is 4. The van der Waals surface area contributed by atoms with E-state index in [4.69, 9.17) is 4.42 Å². The lowest BCUT2D eigenvalue weighted by Crippen LogP contribution is -2.37. The van der Waals surface area contributed by atoms with Gasteiger partial charge in [0, 0.05) is 18.1 Å². The lowest BCUT2D eigenvalue weighted by Gasteiger charge is -2.25. The summed E-state index contributed by atoms with van der Waals surface area (Å²) in [6.45, 7) is 3.60. The standard InChI is InChI=1S/C31H26N2O8S2/c1-20-8-13-25(14-9-20)42(37,38)33(43(39,40)26-15-10-23(11-16-26)32(3)31(35)36)24-12-17-29-22(18-24)19-28(30(34)41-29)27-7-5-4-6-21(27)2/h4-19H,1-3H3,(H,35,36). The Morgan fingerprint density at radius 1 is 0.721 bits per heavy atom. The van der Waals surface area contributed by atoms with E-state index in [2.05, 4.69) is 0 Å². The molecule has 10 nitrogen and oxygen atoms in total. The molecule has 4 aromatic carbocycles. The molecule has 0 aliphatic heterocycles. The third-order valence-electron chi connectivity index (χ3n) is 6.93. The highest BCUT2D eigenvalue weighted by Crippen LogP contribution is 2.34. The number of nitrogens with zero attached hydrogens (tertiary/aromatic N) is 2. The first-order valence-corrected chi connectivity index (χ1v) is 15.8. The van der Waals surface area contributed by atoms with Crippen molar-refractivity contribution in [1.82, 2.24) is 0 Å². The van der Waals surface area contributed by atoms with Crippen LogP contribution in [-0.4, -0.2) is 35.1 Å². The second-order valence-electron chi connectivity index (χ2n) is 9.84. The zero-order chi connectivity index (χ0) is 31.1. The number of hydrogen-bond donors (Lipinski definition) is 1. The van der Waals surface area contributed by atoms with Gasteiger partial charge in [0.1, 0.15) is 5.58 Å². The Balaban J connectivity index is 1.72. The maximum atomic E-state index is 14.1. The number of amides is 1. The molecule has 1 heterocycles. The lowest BCUT2D eigenvalue weighted by atomic mass is 10.0. The van der Waals surface area contributed by atoms with Gasteiger partial charge in [-0.25, -0.2) is 26.4 Å². The Morgan fingerprint density at radius 3 is 1.86 bits per heavy atom. The van der Waals surface area contributed by atoms with Crippen molar-refractivity contribution in [1.29, 1.82) is 0 Å². The normalized spacial score (nSPS) is 11.8. The number of carbonyl (C=O) groups is 1. The molecule has 5 rings (SSSR count). The Hall–Kier alpha value is -4.94. The fraction of sp³-hybridized carbons (Fsp3) is 0.0968. The van der Waals surface area contributed by atoms with E-state index in [1.165, 1.54) is 55.6 Å². The summed E-state index contributed by atoms with van der Waals surface area (Å²) >= 11 is 0. The van der Waals surface area contributed by atoms with E-state index >= 15 is 0 Å². The van der Waals surface area contributed by atoms with Gasteiger partial charge in [-0.3, -0.25) is 4.90 Å². The molecule has 0 radical (unpaired) electrons. The molecular formula is C31H26N2O8S2. The first-order chi connectivity index (χ1) is 20.3. The number of rotatable bonds is 7. The van der Waals surface area contributed by atoms with Crippen molar-refractivity contribution >= 4 is 48.5 Å². The Morgan fingerprint density at radius 2 is 1.28 bits per heavy atom. The van der Waals surface area contributed by atoms with Crippen LogP contribution in [0.3, 0.4) is 0 Å². The quantitative estimate of drug-likeness (QED) is 0.226. The molecule has 1 amide bonds. The van der Waals surface area contributed by atoms with E-state index in [-0.39, 0.29) is 32.3 Å². The molecule has 0 bridgehead atoms. The van der Waals surface area contributed by atoms with E-state index in [9.17, 15) is 31.5 Å². The molecule has 220 valence electrons. The number of aryl methyl sites for hydroxylation is 2. The smallest absolute Gasteiger partial charge is 0.411 e. The molecule has 5 aromatic rings. The predicted molar refractivity (Wildman–Crippen MR) is 164 cm³/mol. The largest absolute Gasteiger partial charge is 0.465 e. The Bertz CT molecular complexity index is 2140. The molecule has 1 aromatic heterocycles. The lowest BCUT2D eigenvalue weighted by molar-refractivity contribution is 0.203. The first kappa shape index (κ1) is 29.5. The Labute approximate surface area is 248 Å². The van der Waals surface area contributed by atoms with Crippen molar-refractivity contribution in [3.63, 3.8) is 0 Å². The second kappa shape index (κ2) is 11.0. The van der Waals surface area contributed by atoms with E-state index in [0.29, 0.717) is 14.7 Å². The van der Waals surface area contributed by atoms with Crippen LogP contribution in [0.2, 0.25) is 0 Å². The van der Waals surface area contributed by atoms with E-state index in [1.54, 1.807) is 31.2 Å². The molecule has 0 spiro atoms. The highest BCUT2D eigenvalue weighted by atomic mass is 32.3. The summed E-state index contributed by atoms with van der Waals surface area (Å²) in [7, 11) is -8.22. The maximum absolute atomic E-state index is 14.1. The van der Waals surface area contributed by atoms with Crippen molar-refractivity contribution in [3.05, 3.63) is 119 Å². The third-order valence-corrected chi connectivity index (χ3v) is 11.1. The van der Waals surface area contributed by atoms with E-state index in [0.717, 1.165) is 28.2 Å². The van der Waals surface area contributed by atoms with Crippen molar-refractivity contribution in [2.24, 2.45) is 0 Å². The van der Waals surface area contributed by atoms with Crippen LogP contribution >= 0.6 is 0 Å². The van der Waals surface area contributed by atoms with Crippen molar-refractivity contribution in [2.75, 3.05) is 15.7 Å². The van der Waals surface area contributed by atoms with Crippen LogP contribution in [0, 0.1) is 13.8 Å². The van der Waals surface area contributed by atoms with Crippen LogP contribution in [0.1, 0.15) is 11.1 Å². The summed E-state index contributed by atoms with van der Waals surface area (Å²) in [6, 6.07) is 23.2. The monoisotopic (exact) mass is 618 g/mol. The van der Waals surface area contributed by atoms with Gasteiger partial charge in [-0.05, 0) is 85.6 Å². The van der Waals surface area contributed by atoms with Gasteiger partial charge >= 0.3 is 11.7 Å². The minimum atomic E-state index is -4.79. The average Bonchev–Trinajstić information content (AvgIpc) is 2.97. The Kier molecular flexibility index (Phi) is 7.59. The highest BCUT2D eigenvalue weighted by molar-refractivity contribution is 8.10. The zero-order valence-corrected chi connectivity index (χ0v) is 24.9. The van der Waals surface area contributed by atoms with E-state index in [1.807, 2.05) is 19.1 Å². The third kappa shape index (κ3) is 5.49. The van der Waals surface area contributed by atoms with Gasteiger partial charge in [0.05, 0.1) is 21.0 Å². The highest BCUT2D eigenvalue weighted by Gasteiger charge is 2.37. The van der Waals surface area contributed by atoms with Gasteiger partial charge in [-0.1, -0.05) is 42.0 Å². The first-order valence-electron chi connectivity index (χ1n) is 12.9. The minimum absolute atomic E-state index is 0.136. The minimum Gasteiger partial charge on any atom is -0.465 e. The van der Waals surface area contributed by atoms with Gasteiger partial charge in [0.25, 0.3) is 20.0 Å². The summed E-state index contributed by atoms with van der Waals surface area (Å²) in [6.07, 6.45) is -1.26. The van der Waals surface area contributed by atoms with E-state index < -0.39 is 31.8 Å². The van der Waals surface area contributed by atoms with Crippen LogP contribution in [0.4, 0.5) is 16.2 Å². The average molecular weight is 619 g/mol. The number of fused-ring (bicyclic) bond motifs is 1. The molecule has 43 heavy (non-hydrogen) atoms. The summed E-state index contributed by atoms with van der Waals surface area (Å²) < 4.78 is 62.1. The molecule has 0 fully saturated rings. The molecule has 0 saturated carbocycles. The van der Waals surface area contributed by atoms with Crippen LogP contribution in [0.15, 0.2) is 116 Å². The number of sulfonamides is 2. The molecule has 0 aliphatic rings.